The minimum Gasteiger partial charge on any atom is -0.491 e. The Morgan fingerprint density at radius 3 is 2.90 bits per heavy atom. The summed E-state index contributed by atoms with van der Waals surface area (Å²) in [5.41, 5.74) is 4.65. The predicted octanol–water partition coefficient (Wildman–Crippen LogP) is 4.41. The average molecular weight is 440 g/mol. The van der Waals surface area contributed by atoms with E-state index in [4.69, 9.17) is 4.74 Å². The summed E-state index contributed by atoms with van der Waals surface area (Å²) in [5, 5.41) is 3.13. The lowest BCUT2D eigenvalue weighted by Crippen LogP contribution is -2.32. The molecule has 0 N–H and O–H groups in total. The maximum atomic E-state index is 13.1. The summed E-state index contributed by atoms with van der Waals surface area (Å²) in [6.07, 6.45) is 1.14. The van der Waals surface area contributed by atoms with Crippen molar-refractivity contribution < 1.29 is 9.53 Å². The van der Waals surface area contributed by atoms with Crippen molar-refractivity contribution in [3.63, 3.8) is 0 Å². The molecule has 2 aromatic heterocycles. The van der Waals surface area contributed by atoms with Crippen LogP contribution < -0.4 is 4.74 Å². The Hall–Kier alpha value is -2.22. The Labute approximate surface area is 184 Å². The molecule has 0 atom stereocenters. The highest BCUT2D eigenvalue weighted by atomic mass is 32.1. The van der Waals surface area contributed by atoms with E-state index in [2.05, 4.69) is 39.5 Å². The zero-order valence-electron chi connectivity index (χ0n) is 17.3. The van der Waals surface area contributed by atoms with Crippen LogP contribution in [0.2, 0.25) is 0 Å². The van der Waals surface area contributed by atoms with Crippen LogP contribution in [0.4, 0.5) is 0 Å². The Morgan fingerprint density at radius 2 is 2.07 bits per heavy atom. The number of hydrogen-bond donors (Lipinski definition) is 0. The van der Waals surface area contributed by atoms with Crippen LogP contribution >= 0.6 is 22.7 Å². The smallest absolute Gasteiger partial charge is 0.266 e. The fourth-order valence-electron chi connectivity index (χ4n) is 4.29. The standard InChI is InChI=1S/C23H25N3O2S2/c1-15-22(30-16(2)24-15)23(27)26-8-9-28-20-4-3-17(11-19(20)14-26)12-25-7-5-21-18(13-25)6-10-29-21/h3-4,6,10-11H,5,7-9,12-14H2,1-2H3. The van der Waals surface area contributed by atoms with Gasteiger partial charge in [0.15, 0.2) is 0 Å². The molecule has 1 amide bonds. The second-order valence-corrected chi connectivity index (χ2v) is 10.2. The molecule has 0 bridgehead atoms. The number of nitrogens with zero attached hydrogens (tertiary/aromatic N) is 3. The predicted molar refractivity (Wildman–Crippen MR) is 120 cm³/mol. The normalized spacial score (nSPS) is 16.5. The fourth-order valence-corrected chi connectivity index (χ4v) is 6.07. The van der Waals surface area contributed by atoms with Crippen molar-refractivity contribution in [2.24, 2.45) is 0 Å². The van der Waals surface area contributed by atoms with Crippen LogP contribution in [-0.4, -0.2) is 40.4 Å². The van der Waals surface area contributed by atoms with E-state index in [0.29, 0.717) is 19.7 Å². The number of aromatic nitrogens is 1. The number of ether oxygens (including phenoxy) is 1. The van der Waals surface area contributed by atoms with E-state index in [1.54, 1.807) is 0 Å². The van der Waals surface area contributed by atoms with Crippen molar-refractivity contribution in [2.45, 2.75) is 39.9 Å². The number of carbonyl (C=O) groups is 1. The summed E-state index contributed by atoms with van der Waals surface area (Å²) in [6.45, 7) is 8.57. The molecule has 2 aliphatic rings. The van der Waals surface area contributed by atoms with Gasteiger partial charge in [0.25, 0.3) is 5.91 Å². The Bertz CT molecular complexity index is 1090. The highest BCUT2D eigenvalue weighted by molar-refractivity contribution is 7.13. The van der Waals surface area contributed by atoms with Crippen LogP contribution in [0.15, 0.2) is 29.6 Å². The quantitative estimate of drug-likeness (QED) is 0.606. The summed E-state index contributed by atoms with van der Waals surface area (Å²) in [6, 6.07) is 8.70. The van der Waals surface area contributed by atoms with Crippen LogP contribution in [0.5, 0.6) is 5.75 Å². The van der Waals surface area contributed by atoms with Crippen LogP contribution in [0.25, 0.3) is 0 Å². The van der Waals surface area contributed by atoms with E-state index in [1.165, 1.54) is 27.3 Å². The summed E-state index contributed by atoms with van der Waals surface area (Å²) >= 11 is 3.35. The molecule has 156 valence electrons. The topological polar surface area (TPSA) is 45.7 Å². The Morgan fingerprint density at radius 1 is 1.17 bits per heavy atom. The largest absolute Gasteiger partial charge is 0.491 e. The second-order valence-electron chi connectivity index (χ2n) is 7.99. The minimum atomic E-state index is 0.0565. The zero-order valence-corrected chi connectivity index (χ0v) is 18.9. The molecule has 0 radical (unpaired) electrons. The molecule has 4 heterocycles. The summed E-state index contributed by atoms with van der Waals surface area (Å²) in [7, 11) is 0. The number of benzene rings is 1. The maximum absolute atomic E-state index is 13.1. The molecule has 5 rings (SSSR count). The van der Waals surface area contributed by atoms with Gasteiger partial charge in [0, 0.05) is 36.6 Å². The van der Waals surface area contributed by atoms with E-state index in [9.17, 15) is 4.79 Å². The number of aryl methyl sites for hydroxylation is 2. The number of rotatable bonds is 3. The number of hydrogen-bond acceptors (Lipinski definition) is 6. The van der Waals surface area contributed by atoms with Crippen molar-refractivity contribution in [2.75, 3.05) is 19.7 Å². The van der Waals surface area contributed by atoms with Crippen LogP contribution in [0, 0.1) is 13.8 Å². The molecule has 0 unspecified atom stereocenters. The molecule has 5 nitrogen and oxygen atoms in total. The summed E-state index contributed by atoms with van der Waals surface area (Å²) in [5.74, 6) is 0.950. The molecule has 7 heteroatoms. The first-order valence-corrected chi connectivity index (χ1v) is 12.0. The zero-order chi connectivity index (χ0) is 20.7. The van der Waals surface area contributed by atoms with Crippen molar-refractivity contribution >= 4 is 28.6 Å². The highest BCUT2D eigenvalue weighted by Crippen LogP contribution is 2.29. The number of carbonyl (C=O) groups excluding carboxylic acids is 1. The first kappa shape index (κ1) is 19.7. The maximum Gasteiger partial charge on any atom is 0.266 e. The van der Waals surface area contributed by atoms with Crippen LogP contribution in [0.3, 0.4) is 0 Å². The van der Waals surface area contributed by atoms with Crippen molar-refractivity contribution in [3.8, 4) is 5.75 Å². The van der Waals surface area contributed by atoms with Gasteiger partial charge in [0.05, 0.1) is 17.2 Å². The monoisotopic (exact) mass is 439 g/mol. The minimum absolute atomic E-state index is 0.0565. The Kier molecular flexibility index (Phi) is 5.35. The van der Waals surface area contributed by atoms with Gasteiger partial charge in [-0.3, -0.25) is 9.69 Å². The molecule has 0 saturated carbocycles. The summed E-state index contributed by atoms with van der Waals surface area (Å²) in [4.78, 5) is 24.2. The van der Waals surface area contributed by atoms with Crippen molar-refractivity contribution in [1.29, 1.82) is 0 Å². The van der Waals surface area contributed by atoms with Crippen molar-refractivity contribution in [3.05, 3.63) is 66.8 Å². The third-order valence-corrected chi connectivity index (χ3v) is 7.87. The molecular formula is C23H25N3O2S2. The van der Waals surface area contributed by atoms with E-state index in [-0.39, 0.29) is 5.91 Å². The van der Waals surface area contributed by atoms with E-state index >= 15 is 0 Å². The molecule has 30 heavy (non-hydrogen) atoms. The third kappa shape index (κ3) is 3.89. The van der Waals surface area contributed by atoms with Gasteiger partial charge in [0.2, 0.25) is 0 Å². The first-order chi connectivity index (χ1) is 14.6. The van der Waals surface area contributed by atoms with Crippen LogP contribution in [0.1, 0.15) is 41.9 Å². The van der Waals surface area contributed by atoms with E-state index < -0.39 is 0 Å². The molecule has 3 aromatic rings. The Balaban J connectivity index is 1.33. The molecule has 0 fully saturated rings. The van der Waals surface area contributed by atoms with E-state index in [0.717, 1.165) is 52.9 Å². The van der Waals surface area contributed by atoms with Gasteiger partial charge in [-0.25, -0.2) is 4.98 Å². The van der Waals surface area contributed by atoms with Gasteiger partial charge in [0.1, 0.15) is 17.2 Å². The molecule has 0 aliphatic carbocycles. The third-order valence-electron chi connectivity index (χ3n) is 5.78. The second kappa shape index (κ2) is 8.13. The average Bonchev–Trinajstić information content (AvgIpc) is 3.26. The first-order valence-electron chi connectivity index (χ1n) is 10.3. The van der Waals surface area contributed by atoms with Gasteiger partial charge < -0.3 is 9.64 Å². The summed E-state index contributed by atoms with van der Waals surface area (Å²) < 4.78 is 5.96. The van der Waals surface area contributed by atoms with E-state index in [1.807, 2.05) is 30.1 Å². The van der Waals surface area contributed by atoms with Gasteiger partial charge in [-0.05, 0) is 55.0 Å². The SMILES string of the molecule is Cc1nc(C)c(C(=O)N2CCOc3ccc(CN4CCc5sccc5C4)cc3C2)s1. The van der Waals surface area contributed by atoms with Gasteiger partial charge >= 0.3 is 0 Å². The van der Waals surface area contributed by atoms with Gasteiger partial charge in [-0.15, -0.1) is 22.7 Å². The highest BCUT2D eigenvalue weighted by Gasteiger charge is 2.25. The molecule has 0 saturated heterocycles. The molecular weight excluding hydrogens is 414 g/mol. The number of amides is 1. The lowest BCUT2D eigenvalue weighted by atomic mass is 10.1. The number of fused-ring (bicyclic) bond motifs is 2. The van der Waals surface area contributed by atoms with Gasteiger partial charge in [-0.1, -0.05) is 6.07 Å². The lowest BCUT2D eigenvalue weighted by molar-refractivity contribution is 0.0737. The molecule has 0 spiro atoms. The fraction of sp³-hybridized carbons (Fsp3) is 0.391. The number of thiophene rings is 1. The van der Waals surface area contributed by atoms with Gasteiger partial charge in [-0.2, -0.15) is 0 Å². The molecule has 2 aliphatic heterocycles. The number of thiazole rings is 1. The van der Waals surface area contributed by atoms with Crippen molar-refractivity contribution in [1.82, 2.24) is 14.8 Å². The molecule has 1 aromatic carbocycles. The lowest BCUT2D eigenvalue weighted by Gasteiger charge is -2.27. The van der Waals surface area contributed by atoms with Crippen LogP contribution in [-0.2, 0) is 26.1 Å².